The number of epoxide rings is 1. The van der Waals surface area contributed by atoms with E-state index in [1.54, 1.807) is 5.57 Å². The molecule has 5 rings (SSSR count). The lowest BCUT2D eigenvalue weighted by atomic mass is 9.43. The number of carbonyl (C=O) groups excluding carboxylic acids is 1. The molecule has 1 saturated heterocycles. The first-order valence-corrected chi connectivity index (χ1v) is 13.7. The van der Waals surface area contributed by atoms with Crippen molar-refractivity contribution in [2.45, 2.75) is 131 Å². The predicted molar refractivity (Wildman–Crippen MR) is 131 cm³/mol. The molecule has 180 valence electrons. The second-order valence-corrected chi connectivity index (χ2v) is 14.3. The van der Waals surface area contributed by atoms with Gasteiger partial charge in [0.1, 0.15) is 5.78 Å². The lowest BCUT2D eigenvalue weighted by molar-refractivity contribution is -0.139. The van der Waals surface area contributed by atoms with Gasteiger partial charge in [-0.2, -0.15) is 0 Å². The van der Waals surface area contributed by atoms with E-state index in [0.717, 1.165) is 24.7 Å². The van der Waals surface area contributed by atoms with Crippen LogP contribution in [0.5, 0.6) is 0 Å². The van der Waals surface area contributed by atoms with Crippen molar-refractivity contribution in [2.75, 3.05) is 0 Å². The summed E-state index contributed by atoms with van der Waals surface area (Å²) in [5.41, 5.74) is 4.64. The quantitative estimate of drug-likeness (QED) is 0.328. The number of fused-ring (bicyclic) bond motifs is 4. The van der Waals surface area contributed by atoms with E-state index < -0.39 is 0 Å². The standard InChI is InChI=1S/C30H48O2/c1-19(9-12-25-27(4,5)32-25)20-13-17-30(8)22-10-11-23-26(2,3)24(31)15-16-28(23,6)21(22)14-18-29(20,30)7/h19-20,23,25H,9-18H2,1-8H3/t19-,20-,23+,25?,28-,29-,30+/m1/s1. The van der Waals surface area contributed by atoms with Gasteiger partial charge in [0.15, 0.2) is 0 Å². The van der Waals surface area contributed by atoms with E-state index >= 15 is 0 Å². The van der Waals surface area contributed by atoms with Gasteiger partial charge in [-0.1, -0.05) is 52.7 Å². The molecule has 1 aliphatic heterocycles. The molecule has 2 nitrogen and oxygen atoms in total. The number of hydrogen-bond acceptors (Lipinski definition) is 2. The van der Waals surface area contributed by atoms with Crippen LogP contribution in [0.25, 0.3) is 0 Å². The summed E-state index contributed by atoms with van der Waals surface area (Å²) in [6, 6.07) is 0. The van der Waals surface area contributed by atoms with Crippen molar-refractivity contribution >= 4 is 5.78 Å². The Hall–Kier alpha value is -0.630. The third kappa shape index (κ3) is 2.96. The maximum absolute atomic E-state index is 12.8. The monoisotopic (exact) mass is 440 g/mol. The van der Waals surface area contributed by atoms with Crippen molar-refractivity contribution in [2.24, 2.45) is 39.4 Å². The van der Waals surface area contributed by atoms with Crippen molar-refractivity contribution < 1.29 is 9.53 Å². The van der Waals surface area contributed by atoms with Gasteiger partial charge in [-0.3, -0.25) is 4.79 Å². The molecule has 7 atom stereocenters. The van der Waals surface area contributed by atoms with Crippen LogP contribution in [-0.2, 0) is 9.53 Å². The highest BCUT2D eigenvalue weighted by molar-refractivity contribution is 5.85. The molecule has 2 saturated carbocycles. The van der Waals surface area contributed by atoms with Crippen LogP contribution >= 0.6 is 0 Å². The fraction of sp³-hybridized carbons (Fsp3) is 0.900. The third-order valence-corrected chi connectivity index (χ3v) is 12.3. The van der Waals surface area contributed by atoms with Gasteiger partial charge in [0.25, 0.3) is 0 Å². The summed E-state index contributed by atoms with van der Waals surface area (Å²) in [4.78, 5) is 12.8. The van der Waals surface area contributed by atoms with E-state index in [0.29, 0.717) is 28.6 Å². The highest BCUT2D eigenvalue weighted by atomic mass is 16.6. The van der Waals surface area contributed by atoms with Gasteiger partial charge in [0, 0.05) is 11.8 Å². The highest BCUT2D eigenvalue weighted by Gasteiger charge is 2.63. The molecule has 0 N–H and O–H groups in total. The fourth-order valence-corrected chi connectivity index (χ4v) is 9.80. The van der Waals surface area contributed by atoms with Gasteiger partial charge in [-0.05, 0) is 106 Å². The van der Waals surface area contributed by atoms with E-state index in [4.69, 9.17) is 4.74 Å². The number of Topliss-reactive ketones (excluding diaryl/α,β-unsaturated/α-hetero) is 1. The maximum Gasteiger partial charge on any atom is 0.138 e. The lowest BCUT2D eigenvalue weighted by Crippen LogP contribution is -2.53. The average Bonchev–Trinajstić information content (AvgIpc) is 3.22. The van der Waals surface area contributed by atoms with Crippen LogP contribution in [0, 0.1) is 39.4 Å². The lowest BCUT2D eigenvalue weighted by Gasteiger charge is -2.61. The van der Waals surface area contributed by atoms with Gasteiger partial charge in [0.2, 0.25) is 0 Å². The molecule has 3 fully saturated rings. The molecule has 2 heteroatoms. The van der Waals surface area contributed by atoms with E-state index in [9.17, 15) is 4.79 Å². The molecule has 0 aromatic heterocycles. The highest BCUT2D eigenvalue weighted by Crippen LogP contribution is 2.72. The summed E-state index contributed by atoms with van der Waals surface area (Å²) in [6.45, 7) is 19.3. The predicted octanol–water partition coefficient (Wildman–Crippen LogP) is 7.90. The van der Waals surface area contributed by atoms with Crippen LogP contribution < -0.4 is 0 Å². The van der Waals surface area contributed by atoms with E-state index in [-0.39, 0.29) is 16.4 Å². The summed E-state index contributed by atoms with van der Waals surface area (Å²) in [5, 5.41) is 0. The smallest absolute Gasteiger partial charge is 0.138 e. The Balaban J connectivity index is 1.42. The normalized spacial score (nSPS) is 47.5. The summed E-state index contributed by atoms with van der Waals surface area (Å²) in [7, 11) is 0. The van der Waals surface area contributed by atoms with Crippen LogP contribution in [0.1, 0.15) is 120 Å². The molecule has 0 aromatic carbocycles. The molecule has 0 spiro atoms. The van der Waals surface area contributed by atoms with Gasteiger partial charge >= 0.3 is 0 Å². The summed E-state index contributed by atoms with van der Waals surface area (Å²) < 4.78 is 5.89. The summed E-state index contributed by atoms with van der Waals surface area (Å²) in [5.74, 6) is 2.65. The number of allylic oxidation sites excluding steroid dienone is 2. The first-order chi connectivity index (χ1) is 14.8. The zero-order valence-corrected chi connectivity index (χ0v) is 22.2. The Morgan fingerprint density at radius 1 is 0.906 bits per heavy atom. The number of ketones is 1. The molecule has 0 bridgehead atoms. The Bertz CT molecular complexity index is 849. The minimum Gasteiger partial charge on any atom is -0.367 e. The average molecular weight is 441 g/mol. The minimum absolute atomic E-state index is 0.127. The van der Waals surface area contributed by atoms with Gasteiger partial charge in [0.05, 0.1) is 11.7 Å². The van der Waals surface area contributed by atoms with E-state index in [2.05, 4.69) is 55.4 Å². The van der Waals surface area contributed by atoms with Gasteiger partial charge in [-0.15, -0.1) is 0 Å². The van der Waals surface area contributed by atoms with Crippen LogP contribution in [0.15, 0.2) is 11.1 Å². The zero-order valence-electron chi connectivity index (χ0n) is 22.2. The molecule has 0 aromatic rings. The maximum atomic E-state index is 12.8. The summed E-state index contributed by atoms with van der Waals surface area (Å²) >= 11 is 0. The Kier molecular flexibility index (Phi) is 5.03. The van der Waals surface area contributed by atoms with Crippen molar-refractivity contribution in [3.05, 3.63) is 11.1 Å². The number of ether oxygens (including phenoxy) is 1. The van der Waals surface area contributed by atoms with Crippen molar-refractivity contribution in [3.8, 4) is 0 Å². The Morgan fingerprint density at radius 3 is 2.25 bits per heavy atom. The van der Waals surface area contributed by atoms with Crippen LogP contribution in [0.2, 0.25) is 0 Å². The van der Waals surface area contributed by atoms with Gasteiger partial charge in [-0.25, -0.2) is 0 Å². The summed E-state index contributed by atoms with van der Waals surface area (Å²) in [6.07, 6.45) is 12.7. The van der Waals surface area contributed by atoms with Crippen LogP contribution in [0.3, 0.4) is 0 Å². The molecule has 5 aliphatic rings. The molecule has 0 radical (unpaired) electrons. The van der Waals surface area contributed by atoms with E-state index in [1.165, 1.54) is 51.4 Å². The van der Waals surface area contributed by atoms with Crippen molar-refractivity contribution in [1.82, 2.24) is 0 Å². The number of rotatable bonds is 4. The molecule has 32 heavy (non-hydrogen) atoms. The number of carbonyl (C=O) groups is 1. The topological polar surface area (TPSA) is 29.6 Å². The van der Waals surface area contributed by atoms with Gasteiger partial charge < -0.3 is 4.74 Å². The fourth-order valence-electron chi connectivity index (χ4n) is 9.80. The Labute approximate surface area is 197 Å². The molecule has 0 amide bonds. The first-order valence-electron chi connectivity index (χ1n) is 13.7. The molecule has 1 heterocycles. The molecule has 4 aliphatic carbocycles. The largest absolute Gasteiger partial charge is 0.367 e. The van der Waals surface area contributed by atoms with E-state index in [1.807, 2.05) is 5.57 Å². The second kappa shape index (κ2) is 6.96. The molecular formula is C30H48O2. The third-order valence-electron chi connectivity index (χ3n) is 12.3. The SMILES string of the molecule is C[C@H](CCC1OC1(C)C)[C@H]1CC[C@@]2(C)C3=C(CC[C@]12C)[C@@]1(C)CCC(=O)C(C)(C)[C@@H]1CC3. The first kappa shape index (κ1) is 23.1. The van der Waals surface area contributed by atoms with Crippen LogP contribution in [0.4, 0.5) is 0 Å². The Morgan fingerprint density at radius 2 is 1.59 bits per heavy atom. The minimum atomic E-state index is -0.154. The second-order valence-electron chi connectivity index (χ2n) is 14.3. The van der Waals surface area contributed by atoms with Crippen molar-refractivity contribution in [3.63, 3.8) is 0 Å². The van der Waals surface area contributed by atoms with Crippen molar-refractivity contribution in [1.29, 1.82) is 0 Å². The number of hydrogen-bond donors (Lipinski definition) is 0. The van der Waals surface area contributed by atoms with Crippen LogP contribution in [-0.4, -0.2) is 17.5 Å². The zero-order chi connectivity index (χ0) is 23.3. The molecule has 1 unspecified atom stereocenters. The molecular weight excluding hydrogens is 392 g/mol.